The average Bonchev–Trinajstić information content (AvgIpc) is 2.46. The number of anilines is 1. The molecule has 2 aromatic rings. The van der Waals surface area contributed by atoms with Crippen molar-refractivity contribution >= 4 is 23.3 Å². The van der Waals surface area contributed by atoms with E-state index in [1.165, 1.54) is 0 Å². The summed E-state index contributed by atoms with van der Waals surface area (Å²) >= 11 is 6.34. The standard InChI is InChI=1S/C17H20ClN3O/c1-17(2,16(19)22)13-10-20-15(21(3)4)9-12(13)11-7-5-6-8-14(11)18/h5-10H,1-4H3,(H2,19,22). The van der Waals surface area contributed by atoms with Crippen LogP contribution in [0.15, 0.2) is 36.5 Å². The van der Waals surface area contributed by atoms with E-state index < -0.39 is 11.3 Å². The molecule has 0 aliphatic carbocycles. The Labute approximate surface area is 135 Å². The summed E-state index contributed by atoms with van der Waals surface area (Å²) in [7, 11) is 3.83. The number of carbonyl (C=O) groups excluding carboxylic acids is 1. The topological polar surface area (TPSA) is 59.2 Å². The Morgan fingerprint density at radius 1 is 1.23 bits per heavy atom. The largest absolute Gasteiger partial charge is 0.369 e. The molecule has 2 N–H and O–H groups in total. The van der Waals surface area contributed by atoms with E-state index in [1.807, 2.05) is 49.3 Å². The van der Waals surface area contributed by atoms with Crippen LogP contribution in [-0.4, -0.2) is 25.0 Å². The zero-order valence-electron chi connectivity index (χ0n) is 13.2. The lowest BCUT2D eigenvalue weighted by Gasteiger charge is -2.25. The van der Waals surface area contributed by atoms with Gasteiger partial charge in [-0.25, -0.2) is 4.98 Å². The van der Waals surface area contributed by atoms with Gasteiger partial charge in [0, 0.05) is 30.9 Å². The van der Waals surface area contributed by atoms with E-state index in [1.54, 1.807) is 20.0 Å². The minimum atomic E-state index is -0.841. The van der Waals surface area contributed by atoms with Gasteiger partial charge < -0.3 is 10.6 Å². The lowest BCUT2D eigenvalue weighted by Crippen LogP contribution is -2.36. The fourth-order valence-corrected chi connectivity index (χ4v) is 2.46. The average molecular weight is 318 g/mol. The molecule has 22 heavy (non-hydrogen) atoms. The second kappa shape index (κ2) is 5.97. The molecule has 1 aromatic heterocycles. The van der Waals surface area contributed by atoms with Gasteiger partial charge in [-0.2, -0.15) is 0 Å². The summed E-state index contributed by atoms with van der Waals surface area (Å²) in [6.45, 7) is 3.59. The second-order valence-electron chi connectivity index (χ2n) is 5.95. The van der Waals surface area contributed by atoms with Gasteiger partial charge in [0.1, 0.15) is 5.82 Å². The molecule has 2 rings (SSSR count). The molecular weight excluding hydrogens is 298 g/mol. The van der Waals surface area contributed by atoms with Gasteiger partial charge in [-0.15, -0.1) is 0 Å². The maximum Gasteiger partial charge on any atom is 0.227 e. The number of primary amides is 1. The molecule has 116 valence electrons. The third-order valence-electron chi connectivity index (χ3n) is 3.80. The third-order valence-corrected chi connectivity index (χ3v) is 4.13. The van der Waals surface area contributed by atoms with Gasteiger partial charge in [0.25, 0.3) is 0 Å². The summed E-state index contributed by atoms with van der Waals surface area (Å²) in [5.74, 6) is 0.388. The monoisotopic (exact) mass is 317 g/mol. The van der Waals surface area contributed by atoms with E-state index in [-0.39, 0.29) is 0 Å². The van der Waals surface area contributed by atoms with Crippen molar-refractivity contribution in [3.8, 4) is 11.1 Å². The molecule has 1 heterocycles. The van der Waals surface area contributed by atoms with Crippen LogP contribution in [0.5, 0.6) is 0 Å². The zero-order valence-corrected chi connectivity index (χ0v) is 14.0. The molecule has 0 atom stereocenters. The second-order valence-corrected chi connectivity index (χ2v) is 6.36. The van der Waals surface area contributed by atoms with Crippen LogP contribution in [0.4, 0.5) is 5.82 Å². The maximum absolute atomic E-state index is 11.9. The highest BCUT2D eigenvalue weighted by Gasteiger charge is 2.31. The summed E-state index contributed by atoms with van der Waals surface area (Å²) in [5.41, 5.74) is 7.23. The van der Waals surface area contributed by atoms with Crippen molar-refractivity contribution in [1.29, 1.82) is 0 Å². The minimum Gasteiger partial charge on any atom is -0.369 e. The fraction of sp³-hybridized carbons (Fsp3) is 0.294. The number of hydrogen-bond donors (Lipinski definition) is 1. The molecule has 0 bridgehead atoms. The van der Waals surface area contributed by atoms with Gasteiger partial charge >= 0.3 is 0 Å². The summed E-state index contributed by atoms with van der Waals surface area (Å²) in [5, 5.41) is 0.625. The van der Waals surface area contributed by atoms with Gasteiger partial charge in [-0.3, -0.25) is 4.79 Å². The number of hydrogen-bond acceptors (Lipinski definition) is 3. The van der Waals surface area contributed by atoms with Crippen LogP contribution in [0.1, 0.15) is 19.4 Å². The van der Waals surface area contributed by atoms with Gasteiger partial charge in [0.15, 0.2) is 0 Å². The first-order chi connectivity index (χ1) is 10.2. The number of carbonyl (C=O) groups is 1. The van der Waals surface area contributed by atoms with Gasteiger partial charge in [0.2, 0.25) is 5.91 Å². The van der Waals surface area contributed by atoms with Crippen molar-refractivity contribution < 1.29 is 4.79 Å². The predicted octanol–water partition coefficient (Wildman–Crippen LogP) is 3.23. The first kappa shape index (κ1) is 16.3. The molecule has 0 saturated heterocycles. The SMILES string of the molecule is CN(C)c1cc(-c2ccccc2Cl)c(C(C)(C)C(N)=O)cn1. The van der Waals surface area contributed by atoms with Crippen molar-refractivity contribution in [2.75, 3.05) is 19.0 Å². The molecule has 4 nitrogen and oxygen atoms in total. The van der Waals surface area contributed by atoms with Crippen LogP contribution >= 0.6 is 11.6 Å². The van der Waals surface area contributed by atoms with Crippen LogP contribution in [-0.2, 0) is 10.2 Å². The van der Waals surface area contributed by atoms with E-state index in [0.717, 1.165) is 22.5 Å². The van der Waals surface area contributed by atoms with Crippen molar-refractivity contribution in [3.05, 3.63) is 47.1 Å². The van der Waals surface area contributed by atoms with Crippen molar-refractivity contribution in [2.45, 2.75) is 19.3 Å². The van der Waals surface area contributed by atoms with Crippen molar-refractivity contribution in [2.24, 2.45) is 5.73 Å². The summed E-state index contributed by atoms with van der Waals surface area (Å²) in [6, 6.07) is 9.48. The van der Waals surface area contributed by atoms with E-state index in [2.05, 4.69) is 4.98 Å². The zero-order chi connectivity index (χ0) is 16.5. The maximum atomic E-state index is 11.9. The first-order valence-corrected chi connectivity index (χ1v) is 7.35. The van der Waals surface area contributed by atoms with Gasteiger partial charge in [-0.05, 0) is 37.1 Å². The molecule has 0 spiro atoms. The van der Waals surface area contributed by atoms with Gasteiger partial charge in [-0.1, -0.05) is 29.8 Å². The van der Waals surface area contributed by atoms with Crippen LogP contribution in [0.3, 0.4) is 0 Å². The van der Waals surface area contributed by atoms with Crippen molar-refractivity contribution in [1.82, 2.24) is 4.98 Å². The number of nitrogens with two attached hydrogens (primary N) is 1. The Bertz CT molecular complexity index is 711. The van der Waals surface area contributed by atoms with Crippen LogP contribution in [0, 0.1) is 0 Å². The Morgan fingerprint density at radius 2 is 1.86 bits per heavy atom. The predicted molar refractivity (Wildman–Crippen MR) is 91.2 cm³/mol. The summed E-state index contributed by atoms with van der Waals surface area (Å²) in [6.07, 6.45) is 1.71. The number of amides is 1. The highest BCUT2D eigenvalue weighted by Crippen LogP contribution is 2.37. The van der Waals surface area contributed by atoms with Crippen LogP contribution in [0.25, 0.3) is 11.1 Å². The minimum absolute atomic E-state index is 0.403. The third kappa shape index (κ3) is 2.92. The number of nitrogens with zero attached hydrogens (tertiary/aromatic N) is 2. The molecule has 0 fully saturated rings. The summed E-state index contributed by atoms with van der Waals surface area (Å²) < 4.78 is 0. The highest BCUT2D eigenvalue weighted by atomic mass is 35.5. The lowest BCUT2D eigenvalue weighted by atomic mass is 9.80. The fourth-order valence-electron chi connectivity index (χ4n) is 2.22. The smallest absolute Gasteiger partial charge is 0.227 e. The normalized spacial score (nSPS) is 11.3. The molecule has 0 radical (unpaired) electrons. The molecular formula is C17H20ClN3O. The lowest BCUT2D eigenvalue weighted by molar-refractivity contribution is -0.122. The molecule has 1 aromatic carbocycles. The number of pyridine rings is 1. The Hall–Kier alpha value is -2.07. The quantitative estimate of drug-likeness (QED) is 0.941. The molecule has 1 amide bonds. The van der Waals surface area contributed by atoms with Crippen molar-refractivity contribution in [3.63, 3.8) is 0 Å². The van der Waals surface area contributed by atoms with Gasteiger partial charge in [0.05, 0.1) is 5.41 Å². The van der Waals surface area contributed by atoms with E-state index in [9.17, 15) is 4.79 Å². The van der Waals surface area contributed by atoms with Crippen LogP contribution in [0.2, 0.25) is 5.02 Å². The highest BCUT2D eigenvalue weighted by molar-refractivity contribution is 6.33. The number of halogens is 1. The molecule has 0 unspecified atom stereocenters. The number of benzene rings is 1. The summed E-state index contributed by atoms with van der Waals surface area (Å²) in [4.78, 5) is 18.2. The molecule has 0 aliphatic heterocycles. The number of rotatable bonds is 4. The Kier molecular flexibility index (Phi) is 4.42. The van der Waals surface area contributed by atoms with E-state index >= 15 is 0 Å². The Morgan fingerprint density at radius 3 is 2.41 bits per heavy atom. The Balaban J connectivity index is 2.76. The molecule has 0 aliphatic rings. The molecule has 5 heteroatoms. The van der Waals surface area contributed by atoms with E-state index in [0.29, 0.717) is 5.02 Å². The number of aromatic nitrogens is 1. The molecule has 0 saturated carbocycles. The van der Waals surface area contributed by atoms with Crippen LogP contribution < -0.4 is 10.6 Å². The first-order valence-electron chi connectivity index (χ1n) is 6.97. The van der Waals surface area contributed by atoms with E-state index in [4.69, 9.17) is 17.3 Å².